The minimum atomic E-state index is -4.82. The normalized spacial score (nSPS) is 29.2. The van der Waals surface area contributed by atoms with Crippen LogP contribution in [0.5, 0.6) is 5.75 Å². The Labute approximate surface area is 249 Å². The van der Waals surface area contributed by atoms with Crippen LogP contribution in [0.15, 0.2) is 34.5 Å². The van der Waals surface area contributed by atoms with Crippen LogP contribution in [0.3, 0.4) is 0 Å². The first kappa shape index (κ1) is 27.2. The maximum absolute atomic E-state index is 13.2. The van der Waals surface area contributed by atoms with E-state index >= 15 is 0 Å². The van der Waals surface area contributed by atoms with Crippen molar-refractivity contribution in [3.05, 3.63) is 57.4 Å². The standard InChI is InChI=1S/C31H30F3N3O5S/c1-14-10-18-24(43-36-27(18)30(38)39)12-22(14)37-16-8-9-21(37)25-19(11-16)29(25)40-13-20-26(35-42-28(20)15-6-7-15)17-4-2-3-5-23(17)41-31(32,33)34/h2-5,12,14-16,19,21,25,29H,6-11,13H2,1H3,(H,38,39)/t14?,16?,19?,21?,25?,29-/m0/s1. The summed E-state index contributed by atoms with van der Waals surface area (Å²) in [7, 11) is 0. The number of allylic oxidation sites excluding steroid dienone is 1. The molecule has 8 nitrogen and oxygen atoms in total. The number of alkyl halides is 3. The number of carboxylic acid groups (broad SMARTS) is 1. The molecular formula is C31H30F3N3O5S. The molecular weight excluding hydrogens is 583 g/mol. The SMILES string of the molecule is CC1Cc2c(C(=O)O)nsc2C=C1N1C2CCC1C1C(C2)[C@@H]1OCc1c(-c2ccccc2OC(F)(F)F)noc1C1CC1. The summed E-state index contributed by atoms with van der Waals surface area (Å²) in [5, 5.41) is 13.8. The molecule has 4 heterocycles. The van der Waals surface area contributed by atoms with Gasteiger partial charge in [0.2, 0.25) is 0 Å². The quantitative estimate of drug-likeness (QED) is 0.294. The van der Waals surface area contributed by atoms with E-state index in [1.807, 2.05) is 0 Å². The number of para-hydroxylation sites is 1. The Morgan fingerprint density at radius 1 is 1.21 bits per heavy atom. The molecule has 5 aliphatic rings. The van der Waals surface area contributed by atoms with Crippen LogP contribution in [-0.4, -0.2) is 50.1 Å². The summed E-state index contributed by atoms with van der Waals surface area (Å²) in [4.78, 5) is 15.2. The van der Waals surface area contributed by atoms with Crippen LogP contribution >= 0.6 is 11.5 Å². The Morgan fingerprint density at radius 2 is 2.02 bits per heavy atom. The molecule has 2 bridgehead atoms. The zero-order chi connectivity index (χ0) is 29.6. The number of halogens is 3. The van der Waals surface area contributed by atoms with Crippen LogP contribution in [0.2, 0.25) is 0 Å². The predicted octanol–water partition coefficient (Wildman–Crippen LogP) is 6.87. The highest BCUT2D eigenvalue weighted by Gasteiger charge is 2.63. The first-order valence-corrected chi connectivity index (χ1v) is 15.6. The monoisotopic (exact) mass is 613 g/mol. The van der Waals surface area contributed by atoms with E-state index in [-0.39, 0.29) is 41.6 Å². The van der Waals surface area contributed by atoms with E-state index < -0.39 is 12.3 Å². The van der Waals surface area contributed by atoms with Crippen LogP contribution in [0, 0.1) is 17.8 Å². The lowest BCUT2D eigenvalue weighted by Gasteiger charge is -2.41. The molecule has 4 fully saturated rings. The molecule has 226 valence electrons. The lowest BCUT2D eigenvalue weighted by Crippen LogP contribution is -2.43. The molecule has 8 rings (SSSR count). The van der Waals surface area contributed by atoms with E-state index in [1.165, 1.54) is 29.4 Å². The third-order valence-corrected chi connectivity index (χ3v) is 10.7. The van der Waals surface area contributed by atoms with Crippen molar-refractivity contribution in [3.63, 3.8) is 0 Å². The van der Waals surface area contributed by atoms with Crippen molar-refractivity contribution >= 4 is 23.6 Å². The van der Waals surface area contributed by atoms with E-state index in [0.717, 1.165) is 42.5 Å². The lowest BCUT2D eigenvalue weighted by atomic mass is 9.88. The summed E-state index contributed by atoms with van der Waals surface area (Å²) in [5.41, 5.74) is 3.56. The van der Waals surface area contributed by atoms with Crippen LogP contribution < -0.4 is 4.74 Å². The highest BCUT2D eigenvalue weighted by molar-refractivity contribution is 7.07. The zero-order valence-corrected chi connectivity index (χ0v) is 24.2. The first-order valence-electron chi connectivity index (χ1n) is 14.8. The summed E-state index contributed by atoms with van der Waals surface area (Å²) in [6.07, 6.45) is 3.22. The number of nitrogens with zero attached hydrogens (tertiary/aromatic N) is 3. The van der Waals surface area contributed by atoms with E-state index in [1.54, 1.807) is 12.1 Å². The summed E-state index contributed by atoms with van der Waals surface area (Å²) in [6.45, 7) is 2.39. The van der Waals surface area contributed by atoms with Crippen LogP contribution in [-0.2, 0) is 17.8 Å². The van der Waals surface area contributed by atoms with E-state index in [0.29, 0.717) is 47.4 Å². The number of hydrogen-bond acceptors (Lipinski definition) is 8. The van der Waals surface area contributed by atoms with Crippen molar-refractivity contribution in [2.24, 2.45) is 17.8 Å². The fourth-order valence-electron chi connectivity index (χ4n) is 7.85. The Kier molecular flexibility index (Phi) is 6.21. The summed E-state index contributed by atoms with van der Waals surface area (Å²) < 4.78 is 60.3. The molecule has 0 spiro atoms. The summed E-state index contributed by atoms with van der Waals surface area (Å²) in [6, 6.07) is 6.79. The highest BCUT2D eigenvalue weighted by Crippen LogP contribution is 2.60. The van der Waals surface area contributed by atoms with Gasteiger partial charge >= 0.3 is 12.3 Å². The topological polar surface area (TPSA) is 97.9 Å². The Bertz CT molecular complexity index is 1630. The number of fused-ring (bicyclic) bond motifs is 5. The van der Waals surface area contributed by atoms with Crippen LogP contribution in [0.4, 0.5) is 13.2 Å². The molecule has 2 aliphatic heterocycles. The van der Waals surface area contributed by atoms with E-state index in [4.69, 9.17) is 9.26 Å². The lowest BCUT2D eigenvalue weighted by molar-refractivity contribution is -0.274. The van der Waals surface area contributed by atoms with Crippen molar-refractivity contribution < 1.29 is 37.1 Å². The maximum Gasteiger partial charge on any atom is 0.573 e. The maximum atomic E-state index is 13.2. The fourth-order valence-corrected chi connectivity index (χ4v) is 8.69. The van der Waals surface area contributed by atoms with Crippen molar-refractivity contribution in [3.8, 4) is 17.0 Å². The average Bonchev–Trinajstić information content (AvgIpc) is 3.79. The number of aromatic nitrogens is 2. The second kappa shape index (κ2) is 9.82. The number of rotatable bonds is 8. The predicted molar refractivity (Wildman–Crippen MR) is 149 cm³/mol. The van der Waals surface area contributed by atoms with Crippen molar-refractivity contribution in [1.82, 2.24) is 14.4 Å². The molecule has 43 heavy (non-hydrogen) atoms. The third kappa shape index (κ3) is 4.64. The van der Waals surface area contributed by atoms with Gasteiger partial charge in [-0.05, 0) is 74.2 Å². The van der Waals surface area contributed by atoms with Gasteiger partial charge in [0.1, 0.15) is 17.2 Å². The van der Waals surface area contributed by atoms with Gasteiger partial charge < -0.3 is 24.0 Å². The number of aromatic carboxylic acids is 1. The fraction of sp³-hybridized carbons (Fsp3) is 0.516. The average molecular weight is 614 g/mol. The Hall–Kier alpha value is -3.38. The molecule has 2 aromatic heterocycles. The van der Waals surface area contributed by atoms with Gasteiger partial charge in [-0.25, -0.2) is 4.79 Å². The molecule has 12 heteroatoms. The van der Waals surface area contributed by atoms with Gasteiger partial charge in [-0.15, -0.1) is 13.2 Å². The number of piperidine rings is 1. The molecule has 1 aromatic carbocycles. The largest absolute Gasteiger partial charge is 0.573 e. The number of ether oxygens (including phenoxy) is 2. The molecule has 5 unspecified atom stereocenters. The second-order valence-electron chi connectivity index (χ2n) is 12.5. The minimum absolute atomic E-state index is 0.0614. The minimum Gasteiger partial charge on any atom is -0.476 e. The molecule has 1 N–H and O–H groups in total. The van der Waals surface area contributed by atoms with Gasteiger partial charge in [0, 0.05) is 52.2 Å². The Balaban J connectivity index is 1.03. The van der Waals surface area contributed by atoms with Gasteiger partial charge in [-0.2, -0.15) is 4.37 Å². The molecule has 2 saturated heterocycles. The van der Waals surface area contributed by atoms with Crippen molar-refractivity contribution in [2.45, 2.75) is 82.5 Å². The Morgan fingerprint density at radius 3 is 2.79 bits per heavy atom. The third-order valence-electron chi connectivity index (χ3n) is 9.86. The summed E-state index contributed by atoms with van der Waals surface area (Å²) in [5.74, 6) is 0.635. The number of hydrogen-bond donors (Lipinski definition) is 1. The molecule has 3 aliphatic carbocycles. The van der Waals surface area contributed by atoms with Crippen molar-refractivity contribution in [2.75, 3.05) is 0 Å². The zero-order valence-electron chi connectivity index (χ0n) is 23.3. The number of carbonyl (C=O) groups is 1. The number of carboxylic acids is 1. The molecule has 3 aromatic rings. The van der Waals surface area contributed by atoms with Gasteiger partial charge in [-0.1, -0.05) is 24.2 Å². The van der Waals surface area contributed by atoms with Gasteiger partial charge in [-0.3, -0.25) is 0 Å². The highest BCUT2D eigenvalue weighted by atomic mass is 32.1. The molecule has 2 saturated carbocycles. The van der Waals surface area contributed by atoms with Crippen LogP contribution in [0.25, 0.3) is 17.3 Å². The van der Waals surface area contributed by atoms with E-state index in [2.05, 4.69) is 32.2 Å². The molecule has 6 atom stereocenters. The molecule has 0 amide bonds. The first-order chi connectivity index (χ1) is 20.7. The van der Waals surface area contributed by atoms with Gasteiger partial charge in [0.25, 0.3) is 0 Å². The molecule has 0 radical (unpaired) electrons. The van der Waals surface area contributed by atoms with Gasteiger partial charge in [0.05, 0.1) is 17.6 Å². The smallest absolute Gasteiger partial charge is 0.476 e. The van der Waals surface area contributed by atoms with Crippen molar-refractivity contribution in [1.29, 1.82) is 0 Å². The summed E-state index contributed by atoms with van der Waals surface area (Å²) >= 11 is 1.26. The van der Waals surface area contributed by atoms with Gasteiger partial charge in [0.15, 0.2) is 5.69 Å². The van der Waals surface area contributed by atoms with E-state index in [9.17, 15) is 23.1 Å². The second-order valence-corrected chi connectivity index (χ2v) is 13.3. The van der Waals surface area contributed by atoms with Crippen LogP contribution in [0.1, 0.15) is 77.2 Å². The number of benzene rings is 1.